The van der Waals surface area contributed by atoms with Crippen molar-refractivity contribution in [2.45, 2.75) is 31.7 Å². The van der Waals surface area contributed by atoms with Gasteiger partial charge in [0, 0.05) is 30.5 Å². The number of nitrogens with zero attached hydrogens (tertiary/aromatic N) is 1. The molecule has 156 valence electrons. The number of aromatic nitrogens is 1. The van der Waals surface area contributed by atoms with E-state index in [0.29, 0.717) is 34.8 Å². The number of halogens is 4. The number of carbonyl (C=O) groups is 1. The molecular formula is C20H21Cl2F2N3O2. The van der Waals surface area contributed by atoms with Gasteiger partial charge in [0.1, 0.15) is 0 Å². The third-order valence-corrected chi connectivity index (χ3v) is 6.33. The Morgan fingerprint density at radius 1 is 1.28 bits per heavy atom. The average molecular weight is 444 g/mol. The van der Waals surface area contributed by atoms with Crippen LogP contribution in [0.3, 0.4) is 0 Å². The standard InChI is InChI=1S/C20H20ClF2N3O2.ClH/c1-10-17(16(21)6-7-26(10)28)11-2-4-13(5-3-11)25-19(27)18(24)12-8-14-15(9-12)20(14,22)23;/h2-7,12,14-15,18H,8-9,24H2,1H3,(H,25,27);1H. The molecule has 2 aromatic rings. The molecule has 0 spiro atoms. The van der Waals surface area contributed by atoms with Crippen molar-refractivity contribution in [3.63, 3.8) is 0 Å². The molecule has 3 N–H and O–H groups in total. The van der Waals surface area contributed by atoms with E-state index in [1.165, 1.54) is 12.3 Å². The fourth-order valence-corrected chi connectivity index (χ4v) is 4.57. The van der Waals surface area contributed by atoms with Gasteiger partial charge in [-0.15, -0.1) is 12.4 Å². The van der Waals surface area contributed by atoms with Gasteiger partial charge in [0.2, 0.25) is 5.91 Å². The Kier molecular flexibility index (Phi) is 5.77. The van der Waals surface area contributed by atoms with Gasteiger partial charge in [-0.1, -0.05) is 23.7 Å². The lowest BCUT2D eigenvalue weighted by atomic mass is 9.94. The zero-order chi connectivity index (χ0) is 20.2. The summed E-state index contributed by atoms with van der Waals surface area (Å²) in [5.41, 5.74) is 8.39. The number of benzene rings is 1. The van der Waals surface area contributed by atoms with Gasteiger partial charge in [0.15, 0.2) is 11.9 Å². The molecule has 4 rings (SSSR count). The van der Waals surface area contributed by atoms with Crippen LogP contribution in [0.4, 0.5) is 14.5 Å². The highest BCUT2D eigenvalue weighted by atomic mass is 35.5. The van der Waals surface area contributed by atoms with Crippen LogP contribution < -0.4 is 15.8 Å². The summed E-state index contributed by atoms with van der Waals surface area (Å²) in [5, 5.41) is 15.0. The molecule has 0 saturated heterocycles. The van der Waals surface area contributed by atoms with Crippen molar-refractivity contribution < 1.29 is 18.3 Å². The molecular weight excluding hydrogens is 423 g/mol. The monoisotopic (exact) mass is 443 g/mol. The summed E-state index contributed by atoms with van der Waals surface area (Å²) in [6.45, 7) is 1.68. The van der Waals surface area contributed by atoms with E-state index in [9.17, 15) is 18.8 Å². The predicted molar refractivity (Wildman–Crippen MR) is 109 cm³/mol. The fourth-order valence-electron chi connectivity index (χ4n) is 4.26. The summed E-state index contributed by atoms with van der Waals surface area (Å²) in [7, 11) is 0. The number of alkyl halides is 2. The molecule has 0 radical (unpaired) electrons. The maximum absolute atomic E-state index is 13.3. The SMILES string of the molecule is Cc1c(-c2ccc(NC(=O)C(N)C3CC4C(C3)C4(F)F)cc2)c(Cl)cc[n+]1[O-].Cl. The van der Waals surface area contributed by atoms with Crippen LogP contribution in [0.2, 0.25) is 5.02 Å². The first-order valence-corrected chi connectivity index (χ1v) is 9.51. The number of nitrogens with two attached hydrogens (primary N) is 1. The minimum Gasteiger partial charge on any atom is -0.618 e. The Bertz CT molecular complexity index is 926. The Morgan fingerprint density at radius 3 is 2.45 bits per heavy atom. The maximum Gasteiger partial charge on any atom is 0.254 e. The molecule has 29 heavy (non-hydrogen) atoms. The molecule has 1 aromatic carbocycles. The third kappa shape index (κ3) is 3.79. The van der Waals surface area contributed by atoms with E-state index in [-0.39, 0.29) is 24.2 Å². The van der Waals surface area contributed by atoms with Crippen molar-refractivity contribution >= 4 is 35.6 Å². The molecule has 9 heteroatoms. The van der Waals surface area contributed by atoms with Crippen molar-refractivity contribution in [1.82, 2.24) is 0 Å². The molecule has 5 nitrogen and oxygen atoms in total. The lowest BCUT2D eigenvalue weighted by molar-refractivity contribution is -0.611. The minimum absolute atomic E-state index is 0. The number of fused-ring (bicyclic) bond motifs is 1. The molecule has 2 aliphatic carbocycles. The van der Waals surface area contributed by atoms with Crippen LogP contribution >= 0.6 is 24.0 Å². The quantitative estimate of drug-likeness (QED) is 0.554. The van der Waals surface area contributed by atoms with E-state index in [0.717, 1.165) is 10.3 Å². The first-order chi connectivity index (χ1) is 13.2. The third-order valence-electron chi connectivity index (χ3n) is 6.02. The Hall–Kier alpha value is -1.96. The van der Waals surface area contributed by atoms with Crippen molar-refractivity contribution in [3.05, 3.63) is 52.5 Å². The number of hydrogen-bond acceptors (Lipinski definition) is 3. The summed E-state index contributed by atoms with van der Waals surface area (Å²) >= 11 is 6.22. The highest BCUT2D eigenvalue weighted by molar-refractivity contribution is 6.33. The molecule has 2 fully saturated rings. The number of pyridine rings is 1. The smallest absolute Gasteiger partial charge is 0.254 e. The lowest BCUT2D eigenvalue weighted by Crippen LogP contribution is -2.42. The van der Waals surface area contributed by atoms with Crippen LogP contribution in [0, 0.1) is 29.9 Å². The Labute approximate surface area is 178 Å². The van der Waals surface area contributed by atoms with Gasteiger partial charge in [-0.25, -0.2) is 8.78 Å². The molecule has 2 aliphatic rings. The summed E-state index contributed by atoms with van der Waals surface area (Å²) in [5.74, 6) is -4.39. The van der Waals surface area contributed by atoms with Crippen LogP contribution in [0.25, 0.3) is 11.1 Å². The van der Waals surface area contributed by atoms with Crippen molar-refractivity contribution in [2.24, 2.45) is 23.5 Å². The van der Waals surface area contributed by atoms with Crippen LogP contribution in [0.15, 0.2) is 36.5 Å². The van der Waals surface area contributed by atoms with Crippen LogP contribution in [0.1, 0.15) is 18.5 Å². The van der Waals surface area contributed by atoms with E-state index in [2.05, 4.69) is 5.32 Å². The van der Waals surface area contributed by atoms with Crippen LogP contribution in [-0.2, 0) is 4.79 Å². The second-order valence-corrected chi connectivity index (χ2v) is 8.07. The summed E-state index contributed by atoms with van der Waals surface area (Å²) in [6, 6.07) is 7.60. The normalized spacial score (nSPS) is 24.9. The first-order valence-electron chi connectivity index (χ1n) is 9.13. The highest BCUT2D eigenvalue weighted by Gasteiger charge is 2.72. The predicted octanol–water partition coefficient (Wildman–Crippen LogP) is 3.93. The van der Waals surface area contributed by atoms with Gasteiger partial charge in [-0.3, -0.25) is 4.79 Å². The molecule has 3 unspecified atom stereocenters. The Morgan fingerprint density at radius 2 is 1.86 bits per heavy atom. The van der Waals surface area contributed by atoms with Gasteiger partial charge >= 0.3 is 0 Å². The average Bonchev–Trinajstić information content (AvgIpc) is 3.01. The molecule has 0 aliphatic heterocycles. The molecule has 1 aromatic heterocycles. The molecule has 2 saturated carbocycles. The van der Waals surface area contributed by atoms with Gasteiger partial charge in [0.05, 0.1) is 16.6 Å². The van der Waals surface area contributed by atoms with E-state index in [1.54, 1.807) is 31.2 Å². The second-order valence-electron chi connectivity index (χ2n) is 7.66. The molecule has 0 bridgehead atoms. The van der Waals surface area contributed by atoms with Gasteiger partial charge < -0.3 is 16.3 Å². The van der Waals surface area contributed by atoms with E-state index >= 15 is 0 Å². The number of amides is 1. The summed E-state index contributed by atoms with van der Waals surface area (Å²) < 4.78 is 27.4. The second kappa shape index (κ2) is 7.70. The van der Waals surface area contributed by atoms with Crippen molar-refractivity contribution in [1.29, 1.82) is 0 Å². The first kappa shape index (κ1) is 21.7. The number of anilines is 1. The van der Waals surface area contributed by atoms with E-state index in [4.69, 9.17) is 17.3 Å². The van der Waals surface area contributed by atoms with Crippen molar-refractivity contribution in [3.8, 4) is 11.1 Å². The van der Waals surface area contributed by atoms with E-state index in [1.807, 2.05) is 0 Å². The largest absolute Gasteiger partial charge is 0.618 e. The molecule has 3 atom stereocenters. The van der Waals surface area contributed by atoms with Crippen LogP contribution in [-0.4, -0.2) is 17.9 Å². The summed E-state index contributed by atoms with van der Waals surface area (Å²) in [4.78, 5) is 12.4. The molecule has 1 amide bonds. The van der Waals surface area contributed by atoms with Gasteiger partial charge in [-0.2, -0.15) is 4.73 Å². The fraction of sp³-hybridized carbons (Fsp3) is 0.400. The number of hydrogen-bond donors (Lipinski definition) is 2. The lowest BCUT2D eigenvalue weighted by Gasteiger charge is -2.21. The Balaban J connectivity index is 0.00000240. The van der Waals surface area contributed by atoms with Crippen molar-refractivity contribution in [2.75, 3.05) is 5.32 Å². The number of nitrogens with one attached hydrogen (secondary N) is 1. The highest BCUT2D eigenvalue weighted by Crippen LogP contribution is 2.66. The van der Waals surface area contributed by atoms with E-state index < -0.39 is 23.8 Å². The maximum atomic E-state index is 13.3. The number of carbonyl (C=O) groups excluding carboxylic acids is 1. The van der Waals surface area contributed by atoms with Gasteiger partial charge in [0.25, 0.3) is 5.92 Å². The number of rotatable bonds is 4. The van der Waals surface area contributed by atoms with Gasteiger partial charge in [-0.05, 0) is 36.5 Å². The summed E-state index contributed by atoms with van der Waals surface area (Å²) in [6.07, 6.45) is 1.94. The van der Waals surface area contributed by atoms with Crippen LogP contribution in [0.5, 0.6) is 0 Å². The topological polar surface area (TPSA) is 82.1 Å². The minimum atomic E-state index is -2.57. The zero-order valence-electron chi connectivity index (χ0n) is 15.6. The molecule has 1 heterocycles. The zero-order valence-corrected chi connectivity index (χ0v) is 17.1.